The van der Waals surface area contributed by atoms with Crippen molar-refractivity contribution in [3.8, 4) is 0 Å². The Morgan fingerprint density at radius 2 is 1.94 bits per heavy atom. The van der Waals surface area contributed by atoms with Gasteiger partial charge in [-0.1, -0.05) is 17.7 Å². The van der Waals surface area contributed by atoms with Gasteiger partial charge in [-0.15, -0.1) is 12.4 Å². The maximum absolute atomic E-state index is 9.43. The zero-order valence-corrected chi connectivity index (χ0v) is 10.9. The van der Waals surface area contributed by atoms with Crippen LogP contribution in [0.15, 0.2) is 18.2 Å². The molecule has 1 aromatic rings. The van der Waals surface area contributed by atoms with E-state index >= 15 is 0 Å². The highest BCUT2D eigenvalue weighted by Crippen LogP contribution is 2.30. The van der Waals surface area contributed by atoms with Crippen LogP contribution in [0.5, 0.6) is 0 Å². The van der Waals surface area contributed by atoms with Crippen molar-refractivity contribution < 1.29 is 5.11 Å². The Balaban J connectivity index is 0.00000128. The van der Waals surface area contributed by atoms with Gasteiger partial charge in [0.05, 0.1) is 16.8 Å². The number of hydrogen-bond acceptors (Lipinski definition) is 2. The molecule has 0 aromatic heterocycles. The molecule has 1 atom stereocenters. The SMILES string of the molecule is CC(O)c1ccc(N2CCCC2)c(Cl)c1.Cl. The van der Waals surface area contributed by atoms with Crippen LogP contribution in [0.3, 0.4) is 0 Å². The third kappa shape index (κ3) is 2.82. The molecule has 1 aliphatic heterocycles. The molecule has 1 fully saturated rings. The first kappa shape index (κ1) is 13.6. The molecule has 1 saturated heterocycles. The van der Waals surface area contributed by atoms with Gasteiger partial charge >= 0.3 is 0 Å². The first-order valence-corrected chi connectivity index (χ1v) is 5.79. The molecule has 1 aromatic carbocycles. The second-order valence-electron chi connectivity index (χ2n) is 4.08. The molecule has 1 heterocycles. The van der Waals surface area contributed by atoms with Crippen molar-refractivity contribution in [3.63, 3.8) is 0 Å². The lowest BCUT2D eigenvalue weighted by molar-refractivity contribution is 0.199. The molecule has 16 heavy (non-hydrogen) atoms. The summed E-state index contributed by atoms with van der Waals surface area (Å²) in [5.74, 6) is 0. The summed E-state index contributed by atoms with van der Waals surface area (Å²) in [6.45, 7) is 3.93. The maximum atomic E-state index is 9.43. The normalized spacial score (nSPS) is 17.1. The van der Waals surface area contributed by atoms with Crippen molar-refractivity contribution in [1.29, 1.82) is 0 Å². The summed E-state index contributed by atoms with van der Waals surface area (Å²) in [6, 6.07) is 5.82. The Kier molecular flexibility index (Phi) is 4.90. The topological polar surface area (TPSA) is 23.5 Å². The van der Waals surface area contributed by atoms with Crippen LogP contribution in [0.2, 0.25) is 5.02 Å². The largest absolute Gasteiger partial charge is 0.389 e. The molecular weight excluding hydrogens is 245 g/mol. The first-order valence-electron chi connectivity index (χ1n) is 5.41. The van der Waals surface area contributed by atoms with E-state index in [0.717, 1.165) is 29.4 Å². The number of benzene rings is 1. The Hall–Kier alpha value is -0.440. The molecule has 2 rings (SSSR count). The second kappa shape index (κ2) is 5.76. The third-order valence-corrected chi connectivity index (χ3v) is 3.20. The Labute approximate surface area is 108 Å². The Bertz CT molecular complexity index is 349. The summed E-state index contributed by atoms with van der Waals surface area (Å²) in [4.78, 5) is 2.30. The standard InChI is InChI=1S/C12H16ClNO.ClH/c1-9(15)10-4-5-12(11(13)8-10)14-6-2-3-7-14;/h4-5,8-9,15H,2-3,6-7H2,1H3;1H. The number of aliphatic hydroxyl groups is 1. The number of halogens is 2. The molecule has 0 spiro atoms. The zero-order valence-electron chi connectivity index (χ0n) is 9.32. The molecule has 2 nitrogen and oxygen atoms in total. The lowest BCUT2D eigenvalue weighted by Crippen LogP contribution is -2.18. The molecular formula is C12H17Cl2NO. The number of aliphatic hydroxyl groups excluding tert-OH is 1. The molecule has 4 heteroatoms. The van der Waals surface area contributed by atoms with Gasteiger partial charge in [-0.05, 0) is 37.5 Å². The molecule has 0 amide bonds. The van der Waals surface area contributed by atoms with Gasteiger partial charge in [0, 0.05) is 13.1 Å². The summed E-state index contributed by atoms with van der Waals surface area (Å²) in [7, 11) is 0. The summed E-state index contributed by atoms with van der Waals surface area (Å²) in [5, 5.41) is 10.2. The van der Waals surface area contributed by atoms with Crippen molar-refractivity contribution in [2.75, 3.05) is 18.0 Å². The Morgan fingerprint density at radius 1 is 1.31 bits per heavy atom. The molecule has 90 valence electrons. The highest BCUT2D eigenvalue weighted by molar-refractivity contribution is 6.33. The fourth-order valence-corrected chi connectivity index (χ4v) is 2.31. The van der Waals surface area contributed by atoms with Crippen molar-refractivity contribution in [1.82, 2.24) is 0 Å². The highest BCUT2D eigenvalue weighted by Gasteiger charge is 2.15. The van der Waals surface area contributed by atoms with Gasteiger partial charge in [-0.2, -0.15) is 0 Å². The van der Waals surface area contributed by atoms with E-state index in [1.165, 1.54) is 12.8 Å². The number of nitrogens with zero attached hydrogens (tertiary/aromatic N) is 1. The third-order valence-electron chi connectivity index (χ3n) is 2.90. The van der Waals surface area contributed by atoms with Crippen LogP contribution in [0.1, 0.15) is 31.4 Å². The van der Waals surface area contributed by atoms with Crippen molar-refractivity contribution in [2.24, 2.45) is 0 Å². The minimum absolute atomic E-state index is 0. The second-order valence-corrected chi connectivity index (χ2v) is 4.49. The zero-order chi connectivity index (χ0) is 10.8. The predicted octanol–water partition coefficient (Wildman–Crippen LogP) is 3.42. The first-order chi connectivity index (χ1) is 7.18. The van der Waals surface area contributed by atoms with Crippen LogP contribution in [-0.2, 0) is 0 Å². The Morgan fingerprint density at radius 3 is 2.44 bits per heavy atom. The van der Waals surface area contributed by atoms with Gasteiger partial charge in [-0.3, -0.25) is 0 Å². The highest BCUT2D eigenvalue weighted by atomic mass is 35.5. The van der Waals surface area contributed by atoms with Gasteiger partial charge < -0.3 is 10.0 Å². The summed E-state index contributed by atoms with van der Waals surface area (Å²) >= 11 is 6.20. The number of hydrogen-bond donors (Lipinski definition) is 1. The van der Waals surface area contributed by atoms with Gasteiger partial charge in [0.2, 0.25) is 0 Å². The van der Waals surface area contributed by atoms with E-state index in [1.54, 1.807) is 6.92 Å². The fraction of sp³-hybridized carbons (Fsp3) is 0.500. The van der Waals surface area contributed by atoms with Gasteiger partial charge in [0.25, 0.3) is 0 Å². The molecule has 0 bridgehead atoms. The molecule has 0 radical (unpaired) electrons. The lowest BCUT2D eigenvalue weighted by Gasteiger charge is -2.20. The average molecular weight is 262 g/mol. The predicted molar refractivity (Wildman–Crippen MR) is 70.8 cm³/mol. The van der Waals surface area contributed by atoms with E-state index in [4.69, 9.17) is 11.6 Å². The number of rotatable bonds is 2. The molecule has 1 aliphatic rings. The average Bonchev–Trinajstić information content (AvgIpc) is 2.70. The van der Waals surface area contributed by atoms with Gasteiger partial charge in [0.1, 0.15) is 0 Å². The smallest absolute Gasteiger partial charge is 0.0762 e. The van der Waals surface area contributed by atoms with E-state index in [0.29, 0.717) is 0 Å². The van der Waals surface area contributed by atoms with E-state index in [9.17, 15) is 5.11 Å². The molecule has 0 aliphatic carbocycles. The molecule has 0 saturated carbocycles. The summed E-state index contributed by atoms with van der Waals surface area (Å²) in [6.07, 6.45) is 2.04. The minimum Gasteiger partial charge on any atom is -0.389 e. The van der Waals surface area contributed by atoms with Crippen LogP contribution < -0.4 is 4.90 Å². The van der Waals surface area contributed by atoms with E-state index in [-0.39, 0.29) is 12.4 Å². The van der Waals surface area contributed by atoms with Gasteiger partial charge in [0.15, 0.2) is 0 Å². The summed E-state index contributed by atoms with van der Waals surface area (Å²) in [5.41, 5.74) is 1.97. The maximum Gasteiger partial charge on any atom is 0.0762 e. The lowest BCUT2D eigenvalue weighted by atomic mass is 10.1. The van der Waals surface area contributed by atoms with Crippen LogP contribution in [-0.4, -0.2) is 18.2 Å². The van der Waals surface area contributed by atoms with Crippen molar-refractivity contribution >= 4 is 29.7 Å². The molecule has 1 N–H and O–H groups in total. The van der Waals surface area contributed by atoms with Crippen LogP contribution >= 0.6 is 24.0 Å². The van der Waals surface area contributed by atoms with E-state index in [1.807, 2.05) is 18.2 Å². The van der Waals surface area contributed by atoms with Gasteiger partial charge in [-0.25, -0.2) is 0 Å². The van der Waals surface area contributed by atoms with Crippen LogP contribution in [0.25, 0.3) is 0 Å². The van der Waals surface area contributed by atoms with E-state index < -0.39 is 6.10 Å². The fourth-order valence-electron chi connectivity index (χ4n) is 2.00. The molecule has 1 unspecified atom stereocenters. The quantitative estimate of drug-likeness (QED) is 0.882. The number of anilines is 1. The van der Waals surface area contributed by atoms with Crippen molar-refractivity contribution in [3.05, 3.63) is 28.8 Å². The van der Waals surface area contributed by atoms with Crippen LogP contribution in [0, 0.1) is 0 Å². The monoisotopic (exact) mass is 261 g/mol. The van der Waals surface area contributed by atoms with Crippen LogP contribution in [0.4, 0.5) is 5.69 Å². The summed E-state index contributed by atoms with van der Waals surface area (Å²) < 4.78 is 0. The van der Waals surface area contributed by atoms with Crippen molar-refractivity contribution in [2.45, 2.75) is 25.9 Å². The van der Waals surface area contributed by atoms with E-state index in [2.05, 4.69) is 4.90 Å². The minimum atomic E-state index is -0.449.